The van der Waals surface area contributed by atoms with Crippen molar-refractivity contribution in [1.29, 1.82) is 0 Å². The Labute approximate surface area is 112 Å². The Hall–Kier alpha value is -1.55. The van der Waals surface area contributed by atoms with Crippen molar-refractivity contribution in [3.05, 3.63) is 35.9 Å². The maximum absolute atomic E-state index is 12.1. The maximum Gasteiger partial charge on any atom is 0.327 e. The van der Waals surface area contributed by atoms with Gasteiger partial charge >= 0.3 is 11.4 Å². The van der Waals surface area contributed by atoms with Crippen LogP contribution in [0.1, 0.15) is 19.4 Å². The molecule has 0 aliphatic heterocycles. The molecular weight excluding hydrogens is 252 g/mol. The highest BCUT2D eigenvalue weighted by molar-refractivity contribution is 6.63. The summed E-state index contributed by atoms with van der Waals surface area (Å²) in [5, 5.41) is -0.754. The summed E-state index contributed by atoms with van der Waals surface area (Å²) in [7, 11) is 0. The lowest BCUT2D eigenvalue weighted by Crippen LogP contribution is -2.43. The first-order valence-electron chi connectivity index (χ1n) is 5.90. The molecular formula is C13H17ClN2O2. The third-order valence-corrected chi connectivity index (χ3v) is 2.86. The number of amides is 3. The van der Waals surface area contributed by atoms with E-state index in [0.29, 0.717) is 13.1 Å². The second kappa shape index (κ2) is 7.01. The second-order valence-electron chi connectivity index (χ2n) is 3.78. The molecule has 1 aromatic carbocycles. The first-order chi connectivity index (χ1) is 8.60. The van der Waals surface area contributed by atoms with E-state index < -0.39 is 5.37 Å². The summed E-state index contributed by atoms with van der Waals surface area (Å²) in [6, 6.07) is 8.93. The molecule has 0 saturated heterocycles. The summed E-state index contributed by atoms with van der Waals surface area (Å²) in [6.07, 6.45) is 0. The van der Waals surface area contributed by atoms with Gasteiger partial charge in [-0.2, -0.15) is 0 Å². The second-order valence-corrected chi connectivity index (χ2v) is 4.10. The van der Waals surface area contributed by atoms with Crippen LogP contribution in [0.15, 0.2) is 30.3 Å². The standard InChI is InChI=1S/C13H17ClN2O2/c1-3-15(4-2)13(18)16(12(14)17)10-11-8-6-5-7-9-11/h5-9H,3-4,10H2,1-2H3. The molecule has 0 radical (unpaired) electrons. The average molecular weight is 269 g/mol. The number of benzene rings is 1. The van der Waals surface area contributed by atoms with Crippen molar-refractivity contribution < 1.29 is 9.59 Å². The van der Waals surface area contributed by atoms with E-state index in [1.54, 1.807) is 4.90 Å². The fourth-order valence-corrected chi connectivity index (χ4v) is 1.77. The molecule has 0 aliphatic carbocycles. The SMILES string of the molecule is CCN(CC)C(=O)N(Cc1ccccc1)C(=O)Cl. The van der Waals surface area contributed by atoms with Crippen LogP contribution in [0.3, 0.4) is 0 Å². The predicted octanol–water partition coefficient (Wildman–Crippen LogP) is 3.31. The highest BCUT2D eigenvalue weighted by Gasteiger charge is 2.23. The summed E-state index contributed by atoms with van der Waals surface area (Å²) in [4.78, 5) is 26.1. The summed E-state index contributed by atoms with van der Waals surface area (Å²) in [5.74, 6) is 0. The molecule has 0 heterocycles. The van der Waals surface area contributed by atoms with E-state index in [4.69, 9.17) is 11.6 Å². The van der Waals surface area contributed by atoms with E-state index >= 15 is 0 Å². The molecule has 4 nitrogen and oxygen atoms in total. The molecule has 5 heteroatoms. The van der Waals surface area contributed by atoms with Crippen LogP contribution in [-0.4, -0.2) is 34.3 Å². The van der Waals surface area contributed by atoms with E-state index in [1.165, 1.54) is 0 Å². The molecule has 0 aliphatic rings. The number of urea groups is 1. The molecule has 3 amide bonds. The smallest absolute Gasteiger partial charge is 0.325 e. The van der Waals surface area contributed by atoms with Gasteiger partial charge in [0.1, 0.15) is 0 Å². The molecule has 1 aromatic rings. The molecule has 0 spiro atoms. The zero-order valence-corrected chi connectivity index (χ0v) is 11.4. The van der Waals surface area contributed by atoms with Crippen LogP contribution >= 0.6 is 11.6 Å². The third kappa shape index (κ3) is 3.74. The summed E-state index contributed by atoms with van der Waals surface area (Å²) >= 11 is 5.49. The van der Waals surface area contributed by atoms with Crippen molar-refractivity contribution in [2.75, 3.05) is 13.1 Å². The largest absolute Gasteiger partial charge is 0.327 e. The van der Waals surface area contributed by atoms with Crippen LogP contribution < -0.4 is 0 Å². The van der Waals surface area contributed by atoms with E-state index in [-0.39, 0.29) is 12.6 Å². The average Bonchev–Trinajstić information content (AvgIpc) is 2.38. The van der Waals surface area contributed by atoms with Crippen molar-refractivity contribution in [3.63, 3.8) is 0 Å². The van der Waals surface area contributed by atoms with Gasteiger partial charge in [0.05, 0.1) is 6.54 Å². The van der Waals surface area contributed by atoms with Crippen LogP contribution in [0.25, 0.3) is 0 Å². The predicted molar refractivity (Wildman–Crippen MR) is 71.6 cm³/mol. The van der Waals surface area contributed by atoms with Crippen LogP contribution in [0.2, 0.25) is 0 Å². The molecule has 0 unspecified atom stereocenters. The van der Waals surface area contributed by atoms with Crippen molar-refractivity contribution in [3.8, 4) is 0 Å². The van der Waals surface area contributed by atoms with Gasteiger partial charge in [0.25, 0.3) is 0 Å². The van der Waals surface area contributed by atoms with Gasteiger partial charge < -0.3 is 4.90 Å². The quantitative estimate of drug-likeness (QED) is 0.621. The minimum atomic E-state index is -0.754. The molecule has 0 bridgehead atoms. The fourth-order valence-electron chi connectivity index (χ4n) is 1.64. The van der Waals surface area contributed by atoms with Gasteiger partial charge in [-0.05, 0) is 31.0 Å². The van der Waals surface area contributed by atoms with E-state index in [9.17, 15) is 9.59 Å². The minimum absolute atomic E-state index is 0.193. The lowest BCUT2D eigenvalue weighted by molar-refractivity contribution is 0.164. The Kier molecular flexibility index (Phi) is 5.65. The Bertz CT molecular complexity index is 405. The van der Waals surface area contributed by atoms with Gasteiger partial charge in [0.15, 0.2) is 0 Å². The highest BCUT2D eigenvalue weighted by atomic mass is 35.5. The highest BCUT2D eigenvalue weighted by Crippen LogP contribution is 2.10. The number of rotatable bonds is 4. The summed E-state index contributed by atoms with van der Waals surface area (Å²) < 4.78 is 0. The van der Waals surface area contributed by atoms with Crippen LogP contribution in [0.4, 0.5) is 9.59 Å². The van der Waals surface area contributed by atoms with Gasteiger partial charge in [0.2, 0.25) is 0 Å². The lowest BCUT2D eigenvalue weighted by atomic mass is 10.2. The van der Waals surface area contributed by atoms with E-state index in [0.717, 1.165) is 10.5 Å². The minimum Gasteiger partial charge on any atom is -0.325 e. The molecule has 0 aromatic heterocycles. The number of carbonyl (C=O) groups is 2. The number of carbonyl (C=O) groups excluding carboxylic acids is 2. The number of hydrogen-bond acceptors (Lipinski definition) is 2. The van der Waals surface area contributed by atoms with E-state index in [1.807, 2.05) is 44.2 Å². The van der Waals surface area contributed by atoms with Crippen molar-refractivity contribution in [1.82, 2.24) is 9.80 Å². The molecule has 98 valence electrons. The fraction of sp³-hybridized carbons (Fsp3) is 0.385. The van der Waals surface area contributed by atoms with Gasteiger partial charge in [-0.3, -0.25) is 4.79 Å². The van der Waals surface area contributed by atoms with Crippen molar-refractivity contribution in [2.45, 2.75) is 20.4 Å². The molecule has 0 fully saturated rings. The summed E-state index contributed by atoms with van der Waals surface area (Å²) in [6.45, 7) is 5.01. The van der Waals surface area contributed by atoms with Crippen molar-refractivity contribution in [2.24, 2.45) is 0 Å². The molecule has 0 N–H and O–H groups in total. The first kappa shape index (κ1) is 14.5. The molecule has 0 saturated carbocycles. The zero-order chi connectivity index (χ0) is 13.5. The molecule has 1 rings (SSSR count). The van der Waals surface area contributed by atoms with Gasteiger partial charge in [-0.15, -0.1) is 0 Å². The third-order valence-electron chi connectivity index (χ3n) is 2.66. The van der Waals surface area contributed by atoms with Crippen molar-refractivity contribution >= 4 is 23.0 Å². The Balaban J connectivity index is 2.84. The van der Waals surface area contributed by atoms with E-state index in [2.05, 4.69) is 0 Å². The topological polar surface area (TPSA) is 40.6 Å². The van der Waals surface area contributed by atoms with Crippen LogP contribution in [0.5, 0.6) is 0 Å². The van der Waals surface area contributed by atoms with Gasteiger partial charge in [0, 0.05) is 13.1 Å². The van der Waals surface area contributed by atoms with Crippen LogP contribution in [0, 0.1) is 0 Å². The number of nitrogens with zero attached hydrogens (tertiary/aromatic N) is 2. The number of hydrogen-bond donors (Lipinski definition) is 0. The monoisotopic (exact) mass is 268 g/mol. The maximum atomic E-state index is 12.1. The Morgan fingerprint density at radius 1 is 1.11 bits per heavy atom. The Morgan fingerprint density at radius 3 is 2.11 bits per heavy atom. The van der Waals surface area contributed by atoms with Crippen LogP contribution in [-0.2, 0) is 6.54 Å². The zero-order valence-electron chi connectivity index (χ0n) is 10.6. The van der Waals surface area contributed by atoms with Gasteiger partial charge in [-0.1, -0.05) is 30.3 Å². The lowest BCUT2D eigenvalue weighted by Gasteiger charge is -2.26. The number of imide groups is 1. The number of halogens is 1. The molecule has 0 atom stereocenters. The normalized spacial score (nSPS) is 9.94. The Morgan fingerprint density at radius 2 is 1.67 bits per heavy atom. The van der Waals surface area contributed by atoms with Gasteiger partial charge in [-0.25, -0.2) is 9.69 Å². The first-order valence-corrected chi connectivity index (χ1v) is 6.27. The summed E-state index contributed by atoms with van der Waals surface area (Å²) in [5.41, 5.74) is 0.868. The molecule has 18 heavy (non-hydrogen) atoms.